The second kappa shape index (κ2) is 7.02. The van der Waals surface area contributed by atoms with Gasteiger partial charge in [-0.3, -0.25) is 4.90 Å². The summed E-state index contributed by atoms with van der Waals surface area (Å²) in [5.74, 6) is 0. The lowest BCUT2D eigenvalue weighted by atomic mass is 10.2. The molecule has 19 heavy (non-hydrogen) atoms. The lowest BCUT2D eigenvalue weighted by Crippen LogP contribution is -2.48. The van der Waals surface area contributed by atoms with E-state index in [9.17, 15) is 0 Å². The van der Waals surface area contributed by atoms with Gasteiger partial charge in [-0.25, -0.2) is 0 Å². The topological polar surface area (TPSA) is 13.0 Å². The summed E-state index contributed by atoms with van der Waals surface area (Å²) in [4.78, 5) is 9.78. The summed E-state index contributed by atoms with van der Waals surface area (Å²) in [6, 6.07) is 1.70. The van der Waals surface area contributed by atoms with E-state index in [4.69, 9.17) is 0 Å². The van der Waals surface area contributed by atoms with Crippen LogP contribution >= 0.6 is 0 Å². The second-order valence-electron chi connectivity index (χ2n) is 6.76. The average Bonchev–Trinajstić information content (AvgIpc) is 2.97. The molecular formula is C15H32N4. The van der Waals surface area contributed by atoms with E-state index in [-0.39, 0.29) is 0 Å². The molecule has 4 heteroatoms. The molecule has 2 unspecified atom stereocenters. The van der Waals surface area contributed by atoms with E-state index >= 15 is 0 Å². The van der Waals surface area contributed by atoms with Crippen molar-refractivity contribution in [3.8, 4) is 0 Å². The zero-order chi connectivity index (χ0) is 13.8. The zero-order valence-electron chi connectivity index (χ0n) is 13.3. The van der Waals surface area contributed by atoms with Crippen molar-refractivity contribution in [2.75, 3.05) is 67.5 Å². The third-order valence-corrected chi connectivity index (χ3v) is 4.89. The van der Waals surface area contributed by atoms with Gasteiger partial charge in [-0.1, -0.05) is 0 Å². The Bertz CT molecular complexity index is 269. The number of likely N-dealkylation sites (N-methyl/N-ethyl adjacent to an activating group) is 3. The Morgan fingerprint density at radius 3 is 2.16 bits per heavy atom. The fraction of sp³-hybridized carbons (Fsp3) is 1.00. The lowest BCUT2D eigenvalue weighted by Gasteiger charge is -2.35. The van der Waals surface area contributed by atoms with Crippen LogP contribution in [0.4, 0.5) is 0 Å². The van der Waals surface area contributed by atoms with Crippen molar-refractivity contribution in [3.05, 3.63) is 0 Å². The molecule has 0 aromatic carbocycles. The van der Waals surface area contributed by atoms with Gasteiger partial charge in [0.1, 0.15) is 0 Å². The van der Waals surface area contributed by atoms with Gasteiger partial charge < -0.3 is 14.7 Å². The molecule has 3 heterocycles. The molecule has 0 saturated carbocycles. The van der Waals surface area contributed by atoms with E-state index in [2.05, 4.69) is 47.8 Å². The van der Waals surface area contributed by atoms with Gasteiger partial charge in [-0.15, -0.1) is 0 Å². The quantitative estimate of drug-likeness (QED) is 0.692. The number of hydrogen-bond acceptors (Lipinski definition) is 4. The summed E-state index contributed by atoms with van der Waals surface area (Å²) >= 11 is 0. The molecule has 0 radical (unpaired) electrons. The maximum absolute atomic E-state index is 2.64. The predicted octanol–water partition coefficient (Wildman–Crippen LogP) is 0.648. The molecule has 0 bridgehead atoms. The van der Waals surface area contributed by atoms with Crippen LogP contribution in [0.25, 0.3) is 0 Å². The normalized spacial score (nSPS) is 33.3. The Morgan fingerprint density at radius 2 is 1.58 bits per heavy atom. The molecule has 0 amide bonds. The first kappa shape index (κ1) is 15.2. The van der Waals surface area contributed by atoms with Crippen LogP contribution < -0.4 is 0 Å². The molecule has 3 rings (SSSR count). The minimum Gasteiger partial charge on any atom is -0.305 e. The van der Waals surface area contributed by atoms with Gasteiger partial charge in [-0.05, 0) is 60.5 Å². The van der Waals surface area contributed by atoms with E-state index in [1.807, 2.05) is 0 Å². The summed E-state index contributed by atoms with van der Waals surface area (Å²) in [6.07, 6.45) is 4.20. The molecule has 0 aliphatic carbocycles. The number of rotatable bonds is 1. The fourth-order valence-electron chi connectivity index (χ4n) is 3.48. The Morgan fingerprint density at radius 1 is 0.842 bits per heavy atom. The molecule has 3 aliphatic rings. The van der Waals surface area contributed by atoms with Crippen LogP contribution in [0, 0.1) is 0 Å². The standard InChI is InChI=1S/C8H16N2.C7H16N2/c1-9-5-6-10-4-2-3-8(10)7-9;1-8(2)7-4-5-9(3)6-7/h8H,2-7H2,1H3;7H,4-6H2,1-3H3. The number of likely N-dealkylation sites (tertiary alicyclic amines) is 1. The Labute approximate surface area is 119 Å². The van der Waals surface area contributed by atoms with E-state index in [1.165, 1.54) is 58.5 Å². The minimum absolute atomic E-state index is 0.801. The Balaban J connectivity index is 0.000000141. The van der Waals surface area contributed by atoms with Crippen molar-refractivity contribution in [3.63, 3.8) is 0 Å². The molecule has 3 saturated heterocycles. The van der Waals surface area contributed by atoms with Crippen molar-refractivity contribution in [1.82, 2.24) is 19.6 Å². The van der Waals surface area contributed by atoms with Gasteiger partial charge in [0.2, 0.25) is 0 Å². The van der Waals surface area contributed by atoms with Gasteiger partial charge >= 0.3 is 0 Å². The molecule has 112 valence electrons. The molecule has 4 nitrogen and oxygen atoms in total. The van der Waals surface area contributed by atoms with E-state index < -0.39 is 0 Å². The summed E-state index contributed by atoms with van der Waals surface area (Å²) in [5.41, 5.74) is 0. The van der Waals surface area contributed by atoms with Crippen LogP contribution in [0.5, 0.6) is 0 Å². The van der Waals surface area contributed by atoms with Gasteiger partial charge in [0, 0.05) is 38.3 Å². The van der Waals surface area contributed by atoms with E-state index in [0.717, 1.165) is 12.1 Å². The van der Waals surface area contributed by atoms with Crippen LogP contribution in [-0.4, -0.2) is 99.1 Å². The van der Waals surface area contributed by atoms with Crippen LogP contribution in [0.15, 0.2) is 0 Å². The van der Waals surface area contributed by atoms with Gasteiger partial charge in [0.05, 0.1) is 0 Å². The summed E-state index contributed by atoms with van der Waals surface area (Å²) in [5, 5.41) is 0. The zero-order valence-corrected chi connectivity index (χ0v) is 13.3. The molecule has 0 aromatic heterocycles. The third kappa shape index (κ3) is 4.42. The Kier molecular flexibility index (Phi) is 5.63. The van der Waals surface area contributed by atoms with Gasteiger partial charge in [0.15, 0.2) is 0 Å². The first-order chi connectivity index (χ1) is 9.06. The summed E-state index contributed by atoms with van der Waals surface area (Å²) < 4.78 is 0. The SMILES string of the molecule is CN1CCC(N(C)C)C1.CN1CCN2CCCC2C1. The average molecular weight is 268 g/mol. The molecule has 0 aromatic rings. The van der Waals surface area contributed by atoms with Gasteiger partial charge in [-0.2, -0.15) is 0 Å². The van der Waals surface area contributed by atoms with Crippen molar-refractivity contribution < 1.29 is 0 Å². The first-order valence-corrected chi connectivity index (χ1v) is 7.84. The smallest absolute Gasteiger partial charge is 0.0229 e. The van der Waals surface area contributed by atoms with Gasteiger partial charge in [0.25, 0.3) is 0 Å². The first-order valence-electron chi connectivity index (χ1n) is 7.84. The molecule has 0 N–H and O–H groups in total. The number of nitrogens with zero attached hydrogens (tertiary/aromatic N) is 4. The third-order valence-electron chi connectivity index (χ3n) is 4.89. The van der Waals surface area contributed by atoms with Crippen molar-refractivity contribution in [2.24, 2.45) is 0 Å². The lowest BCUT2D eigenvalue weighted by molar-refractivity contribution is 0.124. The van der Waals surface area contributed by atoms with Crippen LogP contribution in [0.3, 0.4) is 0 Å². The highest BCUT2D eigenvalue weighted by molar-refractivity contribution is 4.85. The van der Waals surface area contributed by atoms with Crippen molar-refractivity contribution in [2.45, 2.75) is 31.3 Å². The summed E-state index contributed by atoms with van der Waals surface area (Å²) in [6.45, 7) is 7.76. The summed E-state index contributed by atoms with van der Waals surface area (Å²) in [7, 11) is 8.73. The van der Waals surface area contributed by atoms with Crippen molar-refractivity contribution in [1.29, 1.82) is 0 Å². The van der Waals surface area contributed by atoms with E-state index in [0.29, 0.717) is 0 Å². The molecular weight excluding hydrogens is 236 g/mol. The monoisotopic (exact) mass is 268 g/mol. The maximum atomic E-state index is 2.64. The van der Waals surface area contributed by atoms with Crippen LogP contribution in [0.2, 0.25) is 0 Å². The largest absolute Gasteiger partial charge is 0.305 e. The molecule has 3 fully saturated rings. The number of piperazine rings is 1. The van der Waals surface area contributed by atoms with E-state index in [1.54, 1.807) is 0 Å². The molecule has 2 atom stereocenters. The Hall–Kier alpha value is -0.160. The van der Waals surface area contributed by atoms with Crippen molar-refractivity contribution >= 4 is 0 Å². The fourth-order valence-corrected chi connectivity index (χ4v) is 3.48. The van der Waals surface area contributed by atoms with Crippen LogP contribution in [0.1, 0.15) is 19.3 Å². The minimum atomic E-state index is 0.801. The van der Waals surface area contributed by atoms with Crippen LogP contribution in [-0.2, 0) is 0 Å². The second-order valence-corrected chi connectivity index (χ2v) is 6.76. The number of fused-ring (bicyclic) bond motifs is 1. The molecule has 0 spiro atoms. The molecule has 3 aliphatic heterocycles. The highest BCUT2D eigenvalue weighted by Crippen LogP contribution is 2.20. The number of hydrogen-bond donors (Lipinski definition) is 0. The maximum Gasteiger partial charge on any atom is 0.0229 e. The predicted molar refractivity (Wildman–Crippen MR) is 81.7 cm³/mol. The highest BCUT2D eigenvalue weighted by Gasteiger charge is 2.28. The highest BCUT2D eigenvalue weighted by atomic mass is 15.3.